The minimum atomic E-state index is -0.168. The van der Waals surface area contributed by atoms with Crippen molar-refractivity contribution < 1.29 is 9.90 Å². The van der Waals surface area contributed by atoms with Crippen molar-refractivity contribution in [1.82, 2.24) is 0 Å². The number of aliphatic hydroxyl groups is 1. The SMILES string of the molecule is CCC(CO)CC/C=C\C/C=C\C/C=C\CCCCCCCCCCCC(N)=O. The lowest BCUT2D eigenvalue weighted by Gasteiger charge is -2.08. The molecule has 0 aliphatic rings. The normalized spacial score (nSPS) is 13.2. The van der Waals surface area contributed by atoms with Crippen molar-refractivity contribution >= 4 is 5.91 Å². The van der Waals surface area contributed by atoms with Crippen LogP contribution in [0, 0.1) is 5.92 Å². The molecule has 3 N–H and O–H groups in total. The van der Waals surface area contributed by atoms with Gasteiger partial charge in [0.05, 0.1) is 0 Å². The van der Waals surface area contributed by atoms with Crippen LogP contribution in [0.15, 0.2) is 36.5 Å². The molecule has 0 heterocycles. The van der Waals surface area contributed by atoms with Gasteiger partial charge in [0.1, 0.15) is 0 Å². The van der Waals surface area contributed by atoms with Crippen molar-refractivity contribution in [2.75, 3.05) is 6.61 Å². The van der Waals surface area contributed by atoms with Gasteiger partial charge in [-0.2, -0.15) is 0 Å². The Hall–Kier alpha value is -1.35. The highest BCUT2D eigenvalue weighted by Crippen LogP contribution is 2.12. The van der Waals surface area contributed by atoms with Gasteiger partial charge in [-0.15, -0.1) is 0 Å². The summed E-state index contributed by atoms with van der Waals surface area (Å²) in [6.45, 7) is 2.46. The number of unbranched alkanes of at least 4 members (excludes halogenated alkanes) is 9. The molecule has 3 nitrogen and oxygen atoms in total. The molecule has 0 aliphatic carbocycles. The van der Waals surface area contributed by atoms with Gasteiger partial charge in [-0.3, -0.25) is 4.79 Å². The fourth-order valence-electron chi connectivity index (χ4n) is 3.33. The first-order valence-corrected chi connectivity index (χ1v) is 12.0. The third-order valence-electron chi connectivity index (χ3n) is 5.42. The van der Waals surface area contributed by atoms with Crippen LogP contribution in [0.4, 0.5) is 0 Å². The van der Waals surface area contributed by atoms with Crippen LogP contribution in [0.1, 0.15) is 110 Å². The minimum Gasteiger partial charge on any atom is -0.396 e. The summed E-state index contributed by atoms with van der Waals surface area (Å²) in [7, 11) is 0. The molecule has 1 atom stereocenters. The molecule has 0 aromatic heterocycles. The molecule has 0 saturated heterocycles. The molecule has 0 bridgehead atoms. The van der Waals surface area contributed by atoms with E-state index in [0.29, 0.717) is 18.9 Å². The standard InChI is InChI=1S/C26H47NO2/c1-2-25(24-28)22-20-18-16-14-12-10-8-6-4-3-5-7-9-11-13-15-17-19-21-23-26(27)29/h4,6,10,12,16,18,25,28H,2-3,5,7-9,11,13-15,17,19-24H2,1H3,(H2,27,29)/b6-4-,12-10-,18-16-. The van der Waals surface area contributed by atoms with Crippen molar-refractivity contribution in [2.24, 2.45) is 11.7 Å². The largest absolute Gasteiger partial charge is 0.396 e. The number of nitrogens with two attached hydrogens (primary N) is 1. The van der Waals surface area contributed by atoms with Crippen LogP contribution in [0.5, 0.6) is 0 Å². The summed E-state index contributed by atoms with van der Waals surface area (Å²) in [4.78, 5) is 10.6. The van der Waals surface area contributed by atoms with Gasteiger partial charge in [0.25, 0.3) is 0 Å². The van der Waals surface area contributed by atoms with Crippen LogP contribution in [0.2, 0.25) is 0 Å². The van der Waals surface area contributed by atoms with Crippen molar-refractivity contribution in [2.45, 2.75) is 110 Å². The number of carbonyl (C=O) groups excluding carboxylic acids is 1. The average Bonchev–Trinajstić information content (AvgIpc) is 2.71. The summed E-state index contributed by atoms with van der Waals surface area (Å²) in [6.07, 6.45) is 31.8. The number of amides is 1. The number of rotatable bonds is 21. The number of hydrogen-bond donors (Lipinski definition) is 2. The van der Waals surface area contributed by atoms with Crippen LogP contribution in [0.25, 0.3) is 0 Å². The number of carbonyl (C=O) groups is 1. The summed E-state index contributed by atoms with van der Waals surface area (Å²) in [5.74, 6) is 0.296. The number of aliphatic hydroxyl groups excluding tert-OH is 1. The molecule has 3 heteroatoms. The predicted molar refractivity (Wildman–Crippen MR) is 127 cm³/mol. The van der Waals surface area contributed by atoms with E-state index in [4.69, 9.17) is 10.8 Å². The molecule has 0 aromatic carbocycles. The van der Waals surface area contributed by atoms with E-state index < -0.39 is 0 Å². The molecule has 0 saturated carbocycles. The highest BCUT2D eigenvalue weighted by atomic mass is 16.3. The van der Waals surface area contributed by atoms with E-state index in [1.807, 2.05) is 0 Å². The first-order chi connectivity index (χ1) is 14.2. The fourth-order valence-corrected chi connectivity index (χ4v) is 3.33. The third-order valence-corrected chi connectivity index (χ3v) is 5.42. The van der Waals surface area contributed by atoms with Gasteiger partial charge in [-0.25, -0.2) is 0 Å². The molecule has 168 valence electrons. The highest BCUT2D eigenvalue weighted by Gasteiger charge is 2.01. The van der Waals surface area contributed by atoms with Crippen molar-refractivity contribution in [3.63, 3.8) is 0 Å². The molecular formula is C26H47NO2. The lowest BCUT2D eigenvalue weighted by molar-refractivity contribution is -0.118. The molecular weight excluding hydrogens is 358 g/mol. The Morgan fingerprint density at radius 1 is 0.759 bits per heavy atom. The van der Waals surface area contributed by atoms with Crippen LogP contribution in [-0.4, -0.2) is 17.6 Å². The second-order valence-corrected chi connectivity index (χ2v) is 8.11. The Morgan fingerprint density at radius 2 is 1.24 bits per heavy atom. The monoisotopic (exact) mass is 405 g/mol. The zero-order valence-corrected chi connectivity index (χ0v) is 19.0. The number of hydrogen-bond acceptors (Lipinski definition) is 2. The Labute approximate surface area is 180 Å². The second-order valence-electron chi connectivity index (χ2n) is 8.11. The number of allylic oxidation sites excluding steroid dienone is 6. The Kier molecular flexibility index (Phi) is 21.9. The summed E-state index contributed by atoms with van der Waals surface area (Å²) in [5.41, 5.74) is 5.13. The van der Waals surface area contributed by atoms with E-state index in [0.717, 1.165) is 44.9 Å². The Morgan fingerprint density at radius 3 is 1.76 bits per heavy atom. The Balaban J connectivity index is 3.31. The Bertz CT molecular complexity index is 436. The van der Waals surface area contributed by atoms with E-state index >= 15 is 0 Å². The first kappa shape index (κ1) is 27.6. The van der Waals surface area contributed by atoms with Crippen molar-refractivity contribution in [1.29, 1.82) is 0 Å². The predicted octanol–water partition coefficient (Wildman–Crippen LogP) is 7.01. The van der Waals surface area contributed by atoms with E-state index in [1.165, 1.54) is 51.4 Å². The summed E-state index contributed by atoms with van der Waals surface area (Å²) >= 11 is 0. The van der Waals surface area contributed by atoms with Gasteiger partial charge >= 0.3 is 0 Å². The summed E-state index contributed by atoms with van der Waals surface area (Å²) in [6, 6.07) is 0. The van der Waals surface area contributed by atoms with Gasteiger partial charge in [0.2, 0.25) is 5.91 Å². The fraction of sp³-hybridized carbons (Fsp3) is 0.731. The summed E-state index contributed by atoms with van der Waals surface area (Å²) < 4.78 is 0. The maximum atomic E-state index is 10.6. The minimum absolute atomic E-state index is 0.168. The van der Waals surface area contributed by atoms with Gasteiger partial charge in [-0.1, -0.05) is 94.7 Å². The molecule has 0 rings (SSSR count). The smallest absolute Gasteiger partial charge is 0.217 e. The van der Waals surface area contributed by atoms with E-state index in [9.17, 15) is 4.79 Å². The van der Waals surface area contributed by atoms with E-state index in [1.54, 1.807) is 0 Å². The van der Waals surface area contributed by atoms with Crippen molar-refractivity contribution in [3.05, 3.63) is 36.5 Å². The van der Waals surface area contributed by atoms with Crippen molar-refractivity contribution in [3.8, 4) is 0 Å². The lowest BCUT2D eigenvalue weighted by Crippen LogP contribution is -2.09. The topological polar surface area (TPSA) is 63.3 Å². The number of primary amides is 1. The zero-order chi connectivity index (χ0) is 21.4. The van der Waals surface area contributed by atoms with Crippen LogP contribution in [0.3, 0.4) is 0 Å². The molecule has 0 spiro atoms. The lowest BCUT2D eigenvalue weighted by atomic mass is 10.0. The highest BCUT2D eigenvalue weighted by molar-refractivity contribution is 5.73. The van der Waals surface area contributed by atoms with Gasteiger partial charge in [0, 0.05) is 13.0 Å². The molecule has 0 aliphatic heterocycles. The maximum Gasteiger partial charge on any atom is 0.217 e. The molecule has 1 unspecified atom stereocenters. The van der Waals surface area contributed by atoms with Gasteiger partial charge in [-0.05, 0) is 50.9 Å². The zero-order valence-electron chi connectivity index (χ0n) is 19.0. The molecule has 0 fully saturated rings. The third kappa shape index (κ3) is 22.8. The van der Waals surface area contributed by atoms with Crippen LogP contribution >= 0.6 is 0 Å². The van der Waals surface area contributed by atoms with Gasteiger partial charge < -0.3 is 10.8 Å². The first-order valence-electron chi connectivity index (χ1n) is 12.0. The van der Waals surface area contributed by atoms with Gasteiger partial charge in [0.15, 0.2) is 0 Å². The van der Waals surface area contributed by atoms with E-state index in [-0.39, 0.29) is 5.91 Å². The maximum absolute atomic E-state index is 10.6. The molecule has 0 radical (unpaired) electrons. The quantitative estimate of drug-likeness (QED) is 0.159. The van der Waals surface area contributed by atoms with Crippen LogP contribution < -0.4 is 5.73 Å². The molecule has 29 heavy (non-hydrogen) atoms. The molecule has 0 aromatic rings. The molecule has 1 amide bonds. The summed E-state index contributed by atoms with van der Waals surface area (Å²) in [5, 5.41) is 9.15. The van der Waals surface area contributed by atoms with E-state index in [2.05, 4.69) is 43.4 Å². The van der Waals surface area contributed by atoms with Crippen LogP contribution in [-0.2, 0) is 4.79 Å². The second kappa shape index (κ2) is 22.9. The average molecular weight is 406 g/mol.